The van der Waals surface area contributed by atoms with Gasteiger partial charge in [0.15, 0.2) is 11.5 Å². The molecule has 0 saturated carbocycles. The average Bonchev–Trinajstić information content (AvgIpc) is 3.25. The number of nitrogens with two attached hydrogens (primary N) is 1. The zero-order valence-corrected chi connectivity index (χ0v) is 24.9. The standard InChI is InChI=1S/C32H37NO9/c1-31(2,18-33)41-27-14-19(13-26(39-6)29(27)40-7)12-25-28(20-15-23(37-4)17-24(16-20)38-5)30(34)42-32(25,35)21-8-10-22(36-3)11-9-21/h8-11,13-17,35H,12,18,33H2,1-7H3. The first-order chi connectivity index (χ1) is 20.0. The molecule has 0 spiro atoms. The monoisotopic (exact) mass is 579 g/mol. The van der Waals surface area contributed by atoms with E-state index >= 15 is 0 Å². The van der Waals surface area contributed by atoms with E-state index in [1.165, 1.54) is 28.4 Å². The molecule has 0 aromatic heterocycles. The molecule has 1 aliphatic heterocycles. The van der Waals surface area contributed by atoms with Crippen molar-refractivity contribution in [2.75, 3.05) is 42.1 Å². The summed E-state index contributed by atoms with van der Waals surface area (Å²) in [5.74, 6) is -0.103. The Kier molecular flexibility index (Phi) is 8.89. The lowest BCUT2D eigenvalue weighted by molar-refractivity contribution is -0.185. The van der Waals surface area contributed by atoms with Crippen LogP contribution in [0.3, 0.4) is 0 Å². The number of esters is 1. The first kappa shape index (κ1) is 30.5. The van der Waals surface area contributed by atoms with Gasteiger partial charge in [-0.2, -0.15) is 0 Å². The molecule has 3 aromatic rings. The molecule has 4 rings (SSSR count). The second kappa shape index (κ2) is 12.2. The highest BCUT2D eigenvalue weighted by Gasteiger charge is 2.48. The van der Waals surface area contributed by atoms with Gasteiger partial charge in [0.1, 0.15) is 22.8 Å². The Morgan fingerprint density at radius 2 is 1.40 bits per heavy atom. The van der Waals surface area contributed by atoms with Crippen LogP contribution >= 0.6 is 0 Å². The first-order valence-electron chi connectivity index (χ1n) is 13.2. The van der Waals surface area contributed by atoms with Gasteiger partial charge in [0.2, 0.25) is 5.75 Å². The molecule has 0 amide bonds. The molecule has 3 aromatic carbocycles. The Balaban J connectivity index is 1.96. The van der Waals surface area contributed by atoms with Crippen molar-refractivity contribution >= 4 is 11.5 Å². The predicted molar refractivity (Wildman–Crippen MR) is 156 cm³/mol. The summed E-state index contributed by atoms with van der Waals surface area (Å²) in [5.41, 5.74) is 7.14. The van der Waals surface area contributed by atoms with Gasteiger partial charge in [-0.25, -0.2) is 4.79 Å². The maximum atomic E-state index is 13.6. The van der Waals surface area contributed by atoms with Gasteiger partial charge in [-0.3, -0.25) is 0 Å². The third-order valence-electron chi connectivity index (χ3n) is 7.04. The minimum absolute atomic E-state index is 0.0723. The van der Waals surface area contributed by atoms with Gasteiger partial charge in [-0.05, 0) is 73.5 Å². The van der Waals surface area contributed by atoms with E-state index in [2.05, 4.69) is 0 Å². The zero-order valence-electron chi connectivity index (χ0n) is 24.9. The summed E-state index contributed by atoms with van der Waals surface area (Å²) in [7, 11) is 7.61. The van der Waals surface area contributed by atoms with Gasteiger partial charge in [0.05, 0.1) is 41.1 Å². The SMILES string of the molecule is COc1ccc(C2(O)OC(=O)C(c3cc(OC)cc(OC)c3)=C2Cc2cc(OC)c(OC)c(OC(C)(C)CN)c2)cc1. The van der Waals surface area contributed by atoms with Gasteiger partial charge >= 0.3 is 5.97 Å². The van der Waals surface area contributed by atoms with Crippen molar-refractivity contribution in [2.45, 2.75) is 31.7 Å². The molecule has 0 fully saturated rings. The van der Waals surface area contributed by atoms with Crippen molar-refractivity contribution in [1.82, 2.24) is 0 Å². The number of methoxy groups -OCH3 is 5. The highest BCUT2D eigenvalue weighted by Crippen LogP contribution is 2.47. The van der Waals surface area contributed by atoms with Gasteiger partial charge in [0, 0.05) is 30.2 Å². The van der Waals surface area contributed by atoms with Gasteiger partial charge in [-0.1, -0.05) is 0 Å². The van der Waals surface area contributed by atoms with Crippen LogP contribution in [0.5, 0.6) is 34.5 Å². The molecule has 0 aliphatic carbocycles. The summed E-state index contributed by atoms with van der Waals surface area (Å²) >= 11 is 0. The lowest BCUT2D eigenvalue weighted by Crippen LogP contribution is -2.37. The molecule has 1 unspecified atom stereocenters. The summed E-state index contributed by atoms with van der Waals surface area (Å²) in [6, 6.07) is 15.3. The maximum Gasteiger partial charge on any atom is 0.342 e. The van der Waals surface area contributed by atoms with Crippen molar-refractivity contribution in [3.63, 3.8) is 0 Å². The number of rotatable bonds is 12. The van der Waals surface area contributed by atoms with Crippen LogP contribution in [0.25, 0.3) is 5.57 Å². The van der Waals surface area contributed by atoms with Crippen LogP contribution in [0.1, 0.15) is 30.5 Å². The number of benzene rings is 3. The third kappa shape index (κ3) is 5.95. The van der Waals surface area contributed by atoms with Crippen molar-refractivity contribution in [1.29, 1.82) is 0 Å². The Morgan fingerprint density at radius 3 is 1.93 bits per heavy atom. The number of aliphatic hydroxyl groups is 1. The number of hydrogen-bond acceptors (Lipinski definition) is 10. The molecule has 10 nitrogen and oxygen atoms in total. The minimum Gasteiger partial charge on any atom is -0.497 e. The van der Waals surface area contributed by atoms with Crippen LogP contribution in [0.2, 0.25) is 0 Å². The van der Waals surface area contributed by atoms with Gasteiger partial charge < -0.3 is 44.0 Å². The molecular formula is C32H37NO9. The Labute approximate surface area is 245 Å². The molecule has 10 heteroatoms. The van der Waals surface area contributed by atoms with Crippen LogP contribution in [0.4, 0.5) is 0 Å². The molecule has 0 radical (unpaired) electrons. The molecule has 3 N–H and O–H groups in total. The van der Waals surface area contributed by atoms with Crippen LogP contribution in [0.15, 0.2) is 60.2 Å². The van der Waals surface area contributed by atoms with E-state index in [-0.39, 0.29) is 18.5 Å². The number of cyclic esters (lactones) is 1. The molecule has 1 heterocycles. The Hall–Kier alpha value is -4.41. The Morgan fingerprint density at radius 1 is 0.810 bits per heavy atom. The van der Waals surface area contributed by atoms with Crippen LogP contribution in [-0.4, -0.2) is 58.8 Å². The smallest absolute Gasteiger partial charge is 0.342 e. The summed E-state index contributed by atoms with van der Waals surface area (Å²) in [4.78, 5) is 13.6. The molecule has 0 bridgehead atoms. The van der Waals surface area contributed by atoms with E-state index in [1.807, 2.05) is 13.8 Å². The van der Waals surface area contributed by atoms with E-state index < -0.39 is 17.4 Å². The fourth-order valence-electron chi connectivity index (χ4n) is 4.75. The summed E-state index contributed by atoms with van der Waals surface area (Å²) < 4.78 is 39.4. The van der Waals surface area contributed by atoms with Crippen LogP contribution in [0, 0.1) is 0 Å². The molecule has 224 valence electrons. The summed E-state index contributed by atoms with van der Waals surface area (Å²) in [5, 5.41) is 12.1. The fraction of sp³-hybridized carbons (Fsp3) is 0.344. The van der Waals surface area contributed by atoms with Crippen molar-refractivity contribution in [2.24, 2.45) is 5.73 Å². The third-order valence-corrected chi connectivity index (χ3v) is 7.04. The highest BCUT2D eigenvalue weighted by atomic mass is 16.7. The molecule has 0 saturated heterocycles. The van der Waals surface area contributed by atoms with Crippen molar-refractivity contribution in [3.8, 4) is 34.5 Å². The lowest BCUT2D eigenvalue weighted by Gasteiger charge is -2.28. The fourth-order valence-corrected chi connectivity index (χ4v) is 4.75. The molecular weight excluding hydrogens is 542 g/mol. The van der Waals surface area contributed by atoms with Crippen LogP contribution < -0.4 is 34.2 Å². The number of carbonyl (C=O) groups is 1. The van der Waals surface area contributed by atoms with Crippen molar-refractivity contribution in [3.05, 3.63) is 76.9 Å². The van der Waals surface area contributed by atoms with E-state index in [9.17, 15) is 9.90 Å². The zero-order chi connectivity index (χ0) is 30.7. The van der Waals surface area contributed by atoms with E-state index in [0.29, 0.717) is 56.8 Å². The second-order valence-corrected chi connectivity index (χ2v) is 10.3. The number of carbonyl (C=O) groups excluding carboxylic acids is 1. The number of ether oxygens (including phenoxy) is 7. The topological polar surface area (TPSA) is 128 Å². The van der Waals surface area contributed by atoms with Crippen molar-refractivity contribution < 1.29 is 43.1 Å². The first-order valence-corrected chi connectivity index (χ1v) is 13.2. The minimum atomic E-state index is -2.10. The van der Waals surface area contributed by atoms with E-state index in [0.717, 1.165) is 0 Å². The molecule has 1 aliphatic rings. The number of hydrogen-bond donors (Lipinski definition) is 2. The normalized spacial score (nSPS) is 16.6. The molecule has 1 atom stereocenters. The maximum absolute atomic E-state index is 13.6. The van der Waals surface area contributed by atoms with E-state index in [1.54, 1.807) is 61.7 Å². The second-order valence-electron chi connectivity index (χ2n) is 10.3. The summed E-state index contributed by atoms with van der Waals surface area (Å²) in [6.45, 7) is 3.96. The van der Waals surface area contributed by atoms with Gasteiger partial charge in [-0.15, -0.1) is 0 Å². The Bertz CT molecular complexity index is 1460. The highest BCUT2D eigenvalue weighted by molar-refractivity contribution is 6.20. The molecule has 42 heavy (non-hydrogen) atoms. The predicted octanol–water partition coefficient (Wildman–Crippen LogP) is 4.24. The largest absolute Gasteiger partial charge is 0.497 e. The average molecular weight is 580 g/mol. The van der Waals surface area contributed by atoms with Gasteiger partial charge in [0.25, 0.3) is 5.79 Å². The quantitative estimate of drug-likeness (QED) is 0.301. The van der Waals surface area contributed by atoms with E-state index in [4.69, 9.17) is 38.9 Å². The summed E-state index contributed by atoms with van der Waals surface area (Å²) in [6.07, 6.45) is 0.0723. The van der Waals surface area contributed by atoms with Crippen LogP contribution in [-0.2, 0) is 21.7 Å². The lowest BCUT2D eigenvalue weighted by atomic mass is 9.87.